The predicted octanol–water partition coefficient (Wildman–Crippen LogP) is 5.18. The Kier molecular flexibility index (Phi) is 6.32. The lowest BCUT2D eigenvalue weighted by atomic mass is 10.2. The van der Waals surface area contributed by atoms with Crippen LogP contribution in [0.1, 0.15) is 5.56 Å². The standard InChI is InChI=1S/C22H17F3N6O2S/c23-22(24,25)15-4-3-5-18(12-15)34(32,33)31-17-9-7-16(8-10-17)29-20-13-21(28-14-27-20)30-19-6-1-2-11-26-19/h1-14,31H,(H2,26,27,28,29,30). The number of nitrogens with one attached hydrogen (secondary N) is 3. The number of benzene rings is 2. The van der Waals surface area contributed by atoms with Gasteiger partial charge in [0.25, 0.3) is 10.0 Å². The minimum absolute atomic E-state index is 0.183. The van der Waals surface area contributed by atoms with E-state index in [1.807, 2.05) is 6.07 Å². The van der Waals surface area contributed by atoms with Crippen molar-refractivity contribution in [3.63, 3.8) is 0 Å². The van der Waals surface area contributed by atoms with Gasteiger partial charge >= 0.3 is 6.18 Å². The second-order valence-corrected chi connectivity index (χ2v) is 8.64. The van der Waals surface area contributed by atoms with Gasteiger partial charge in [-0.3, -0.25) is 4.72 Å². The molecule has 2 aromatic heterocycles. The fourth-order valence-corrected chi connectivity index (χ4v) is 3.99. The molecule has 0 aliphatic heterocycles. The Balaban J connectivity index is 1.44. The van der Waals surface area contributed by atoms with Crippen molar-refractivity contribution in [3.05, 3.63) is 90.9 Å². The number of rotatable bonds is 7. The minimum Gasteiger partial charge on any atom is -0.340 e. The number of alkyl halides is 3. The molecular formula is C22H17F3N6O2S. The van der Waals surface area contributed by atoms with Gasteiger partial charge in [0.2, 0.25) is 0 Å². The number of aromatic nitrogens is 3. The molecule has 2 aromatic carbocycles. The van der Waals surface area contributed by atoms with Gasteiger partial charge in [0.1, 0.15) is 23.8 Å². The van der Waals surface area contributed by atoms with Crippen LogP contribution in [0.2, 0.25) is 0 Å². The first-order valence-electron chi connectivity index (χ1n) is 9.76. The maximum absolute atomic E-state index is 12.9. The molecular weight excluding hydrogens is 469 g/mol. The molecule has 0 aliphatic rings. The van der Waals surface area contributed by atoms with Gasteiger partial charge in [-0.15, -0.1) is 0 Å². The number of hydrogen-bond acceptors (Lipinski definition) is 7. The van der Waals surface area contributed by atoms with Crippen molar-refractivity contribution in [2.75, 3.05) is 15.4 Å². The van der Waals surface area contributed by atoms with Crippen LogP contribution in [-0.4, -0.2) is 23.4 Å². The molecule has 174 valence electrons. The Labute approximate surface area is 193 Å². The fraction of sp³-hybridized carbons (Fsp3) is 0.0455. The second-order valence-electron chi connectivity index (χ2n) is 6.96. The second kappa shape index (κ2) is 9.35. The van der Waals surface area contributed by atoms with Crippen molar-refractivity contribution in [2.45, 2.75) is 11.1 Å². The van der Waals surface area contributed by atoms with E-state index in [4.69, 9.17) is 0 Å². The minimum atomic E-state index is -4.65. The van der Waals surface area contributed by atoms with Crippen LogP contribution >= 0.6 is 0 Å². The van der Waals surface area contributed by atoms with Gasteiger partial charge in [-0.1, -0.05) is 12.1 Å². The summed E-state index contributed by atoms with van der Waals surface area (Å²) in [5, 5.41) is 6.11. The molecule has 0 spiro atoms. The van der Waals surface area contributed by atoms with Crippen LogP contribution in [0.4, 0.5) is 42.0 Å². The summed E-state index contributed by atoms with van der Waals surface area (Å²) < 4.78 is 66.0. The molecule has 12 heteroatoms. The van der Waals surface area contributed by atoms with Crippen molar-refractivity contribution in [1.29, 1.82) is 0 Å². The summed E-state index contributed by atoms with van der Waals surface area (Å²) in [7, 11) is -4.21. The molecule has 0 bridgehead atoms. The van der Waals surface area contributed by atoms with Gasteiger partial charge < -0.3 is 10.6 Å². The Hall–Kier alpha value is -4.19. The van der Waals surface area contributed by atoms with Gasteiger partial charge in [0, 0.05) is 23.6 Å². The summed E-state index contributed by atoms with van der Waals surface area (Å²) in [6.07, 6.45) is -1.64. The van der Waals surface area contributed by atoms with Gasteiger partial charge in [0.15, 0.2) is 0 Å². The topological polar surface area (TPSA) is 109 Å². The van der Waals surface area contributed by atoms with Crippen molar-refractivity contribution in [2.24, 2.45) is 0 Å². The molecule has 0 fully saturated rings. The third-order valence-electron chi connectivity index (χ3n) is 4.47. The molecule has 0 saturated carbocycles. The van der Waals surface area contributed by atoms with E-state index in [2.05, 4.69) is 30.3 Å². The molecule has 0 unspecified atom stereocenters. The number of anilines is 5. The van der Waals surface area contributed by atoms with Crippen LogP contribution in [0.15, 0.2) is 90.2 Å². The molecule has 8 nitrogen and oxygen atoms in total. The number of sulfonamides is 1. The van der Waals surface area contributed by atoms with Crippen LogP contribution < -0.4 is 15.4 Å². The zero-order valence-corrected chi connectivity index (χ0v) is 18.1. The van der Waals surface area contributed by atoms with Crippen LogP contribution in [0.3, 0.4) is 0 Å². The first-order valence-corrected chi connectivity index (χ1v) is 11.2. The zero-order valence-electron chi connectivity index (χ0n) is 17.3. The highest BCUT2D eigenvalue weighted by atomic mass is 32.2. The van der Waals surface area contributed by atoms with Crippen molar-refractivity contribution in [1.82, 2.24) is 15.0 Å². The van der Waals surface area contributed by atoms with E-state index in [1.165, 1.54) is 18.5 Å². The number of pyridine rings is 1. The maximum Gasteiger partial charge on any atom is 0.416 e. The first-order chi connectivity index (χ1) is 16.2. The third kappa shape index (κ3) is 5.78. The van der Waals surface area contributed by atoms with Gasteiger partial charge in [-0.2, -0.15) is 13.2 Å². The summed E-state index contributed by atoms with van der Waals surface area (Å²) in [6.45, 7) is 0. The number of halogens is 3. The highest BCUT2D eigenvalue weighted by molar-refractivity contribution is 7.92. The van der Waals surface area contributed by atoms with Crippen LogP contribution in [0.5, 0.6) is 0 Å². The van der Waals surface area contributed by atoms with E-state index in [0.29, 0.717) is 29.2 Å². The Morgan fingerprint density at radius 2 is 1.41 bits per heavy atom. The van der Waals surface area contributed by atoms with Gasteiger partial charge in [-0.25, -0.2) is 23.4 Å². The Morgan fingerprint density at radius 1 is 0.706 bits per heavy atom. The van der Waals surface area contributed by atoms with Crippen LogP contribution in [-0.2, 0) is 16.2 Å². The average molecular weight is 486 g/mol. The summed E-state index contributed by atoms with van der Waals surface area (Å²) in [6, 6.07) is 16.8. The molecule has 34 heavy (non-hydrogen) atoms. The zero-order chi connectivity index (χ0) is 24.2. The molecule has 0 aliphatic carbocycles. The SMILES string of the molecule is O=S(=O)(Nc1ccc(Nc2cc(Nc3ccccn3)ncn2)cc1)c1cccc(C(F)(F)F)c1. The smallest absolute Gasteiger partial charge is 0.340 e. The molecule has 3 N–H and O–H groups in total. The molecule has 0 radical (unpaired) electrons. The number of hydrogen-bond donors (Lipinski definition) is 3. The maximum atomic E-state index is 12.9. The summed E-state index contributed by atoms with van der Waals surface area (Å²) in [5.74, 6) is 1.61. The molecule has 0 amide bonds. The van der Waals surface area contributed by atoms with E-state index in [9.17, 15) is 21.6 Å². The number of nitrogens with zero attached hydrogens (tertiary/aromatic N) is 3. The molecule has 0 atom stereocenters. The lowest BCUT2D eigenvalue weighted by Gasteiger charge is -2.12. The summed E-state index contributed by atoms with van der Waals surface area (Å²) in [5.41, 5.74) is -0.260. The molecule has 4 aromatic rings. The Morgan fingerprint density at radius 3 is 2.09 bits per heavy atom. The first kappa shape index (κ1) is 23.0. The molecule has 0 saturated heterocycles. The normalized spacial score (nSPS) is 11.6. The van der Waals surface area contributed by atoms with Crippen molar-refractivity contribution >= 4 is 38.9 Å². The van der Waals surface area contributed by atoms with E-state index in [0.717, 1.165) is 18.2 Å². The van der Waals surface area contributed by atoms with Crippen LogP contribution in [0.25, 0.3) is 0 Å². The summed E-state index contributed by atoms with van der Waals surface area (Å²) in [4.78, 5) is 11.9. The average Bonchev–Trinajstić information content (AvgIpc) is 2.81. The summed E-state index contributed by atoms with van der Waals surface area (Å²) >= 11 is 0. The molecule has 2 heterocycles. The van der Waals surface area contributed by atoms with Crippen molar-refractivity contribution < 1.29 is 21.6 Å². The predicted molar refractivity (Wildman–Crippen MR) is 122 cm³/mol. The quantitative estimate of drug-likeness (QED) is 0.330. The monoisotopic (exact) mass is 486 g/mol. The van der Waals surface area contributed by atoms with Crippen molar-refractivity contribution in [3.8, 4) is 0 Å². The van der Waals surface area contributed by atoms with Gasteiger partial charge in [-0.05, 0) is 54.6 Å². The van der Waals surface area contributed by atoms with E-state index < -0.39 is 26.7 Å². The highest BCUT2D eigenvalue weighted by Gasteiger charge is 2.31. The van der Waals surface area contributed by atoms with E-state index in [-0.39, 0.29) is 5.69 Å². The van der Waals surface area contributed by atoms with Gasteiger partial charge in [0.05, 0.1) is 10.5 Å². The molecule has 4 rings (SSSR count). The lowest BCUT2D eigenvalue weighted by Crippen LogP contribution is -2.14. The fourth-order valence-electron chi connectivity index (χ4n) is 2.89. The Bertz CT molecular complexity index is 1380. The van der Waals surface area contributed by atoms with Crippen LogP contribution in [0, 0.1) is 0 Å². The largest absolute Gasteiger partial charge is 0.416 e. The van der Waals surface area contributed by atoms with E-state index in [1.54, 1.807) is 36.5 Å². The lowest BCUT2D eigenvalue weighted by molar-refractivity contribution is -0.137. The highest BCUT2D eigenvalue weighted by Crippen LogP contribution is 2.31. The van der Waals surface area contributed by atoms with E-state index >= 15 is 0 Å². The third-order valence-corrected chi connectivity index (χ3v) is 5.85.